The summed E-state index contributed by atoms with van der Waals surface area (Å²) in [5.41, 5.74) is -0.708. The van der Waals surface area contributed by atoms with Gasteiger partial charge in [0.2, 0.25) is 0 Å². The SMILES string of the molecule is CC1CCCC(CO)(NS(=O)(=O)c2sccc2Br)C1. The van der Waals surface area contributed by atoms with Gasteiger partial charge in [-0.2, -0.15) is 0 Å². The maximum atomic E-state index is 12.4. The fourth-order valence-corrected chi connectivity index (χ4v) is 6.50. The molecule has 2 N–H and O–H groups in total. The van der Waals surface area contributed by atoms with Crippen molar-refractivity contribution in [3.8, 4) is 0 Å². The lowest BCUT2D eigenvalue weighted by Crippen LogP contribution is -2.53. The molecular weight excluding hydrogens is 350 g/mol. The van der Waals surface area contributed by atoms with Crippen molar-refractivity contribution in [1.29, 1.82) is 0 Å². The van der Waals surface area contributed by atoms with Crippen molar-refractivity contribution >= 4 is 37.3 Å². The Balaban J connectivity index is 2.25. The van der Waals surface area contributed by atoms with Crippen LogP contribution in [0.3, 0.4) is 0 Å². The zero-order valence-electron chi connectivity index (χ0n) is 10.7. The first-order valence-electron chi connectivity index (χ1n) is 6.26. The van der Waals surface area contributed by atoms with Crippen molar-refractivity contribution in [2.45, 2.75) is 42.4 Å². The molecule has 1 aromatic rings. The molecule has 0 saturated heterocycles. The van der Waals surface area contributed by atoms with Gasteiger partial charge >= 0.3 is 0 Å². The van der Waals surface area contributed by atoms with Gasteiger partial charge in [0.15, 0.2) is 0 Å². The second-order valence-electron chi connectivity index (χ2n) is 5.30. The molecule has 2 atom stereocenters. The molecule has 2 rings (SSSR count). The summed E-state index contributed by atoms with van der Waals surface area (Å²) in [4.78, 5) is 0. The van der Waals surface area contributed by atoms with E-state index in [2.05, 4.69) is 27.6 Å². The molecule has 0 spiro atoms. The Kier molecular flexibility index (Phi) is 4.72. The van der Waals surface area contributed by atoms with E-state index in [0.717, 1.165) is 12.8 Å². The van der Waals surface area contributed by atoms with E-state index in [1.54, 1.807) is 11.4 Å². The number of sulfonamides is 1. The van der Waals surface area contributed by atoms with Gasteiger partial charge < -0.3 is 5.11 Å². The lowest BCUT2D eigenvalue weighted by atomic mass is 9.78. The molecule has 1 heterocycles. The van der Waals surface area contributed by atoms with Crippen LogP contribution in [0.4, 0.5) is 0 Å². The molecule has 108 valence electrons. The van der Waals surface area contributed by atoms with Crippen molar-refractivity contribution in [1.82, 2.24) is 4.72 Å². The van der Waals surface area contributed by atoms with Gasteiger partial charge in [-0.25, -0.2) is 13.1 Å². The first kappa shape index (κ1) is 15.4. The second-order valence-corrected chi connectivity index (χ2v) is 8.95. The molecule has 1 aliphatic carbocycles. The number of aliphatic hydroxyl groups is 1. The molecule has 2 unspecified atom stereocenters. The minimum Gasteiger partial charge on any atom is -0.394 e. The lowest BCUT2D eigenvalue weighted by molar-refractivity contribution is 0.120. The summed E-state index contributed by atoms with van der Waals surface area (Å²) < 4.78 is 28.4. The Morgan fingerprint density at radius 2 is 2.37 bits per heavy atom. The van der Waals surface area contributed by atoms with Crippen LogP contribution in [0.15, 0.2) is 20.1 Å². The average molecular weight is 368 g/mol. The second kappa shape index (κ2) is 5.81. The van der Waals surface area contributed by atoms with Gasteiger partial charge in [-0.05, 0) is 46.1 Å². The van der Waals surface area contributed by atoms with E-state index in [1.165, 1.54) is 11.3 Å². The molecule has 0 bridgehead atoms. The average Bonchev–Trinajstić information content (AvgIpc) is 2.75. The van der Waals surface area contributed by atoms with Crippen LogP contribution in [0.1, 0.15) is 32.6 Å². The summed E-state index contributed by atoms with van der Waals surface area (Å²) in [5, 5.41) is 11.4. The fourth-order valence-electron chi connectivity index (χ4n) is 2.73. The number of thiophene rings is 1. The van der Waals surface area contributed by atoms with Gasteiger partial charge in [0.1, 0.15) is 4.21 Å². The van der Waals surface area contributed by atoms with Crippen LogP contribution >= 0.6 is 27.3 Å². The van der Waals surface area contributed by atoms with Crippen molar-refractivity contribution in [3.05, 3.63) is 15.9 Å². The highest BCUT2D eigenvalue weighted by Gasteiger charge is 2.39. The highest BCUT2D eigenvalue weighted by molar-refractivity contribution is 9.10. The third kappa shape index (κ3) is 3.39. The van der Waals surface area contributed by atoms with Crippen LogP contribution in [0, 0.1) is 5.92 Å². The molecule has 19 heavy (non-hydrogen) atoms. The highest BCUT2D eigenvalue weighted by atomic mass is 79.9. The van der Waals surface area contributed by atoms with Crippen LogP contribution in [-0.2, 0) is 10.0 Å². The molecule has 0 radical (unpaired) electrons. The summed E-state index contributed by atoms with van der Waals surface area (Å²) in [6, 6.07) is 1.72. The minimum atomic E-state index is -3.58. The zero-order valence-corrected chi connectivity index (χ0v) is 13.9. The van der Waals surface area contributed by atoms with Crippen LogP contribution in [0.25, 0.3) is 0 Å². The lowest BCUT2D eigenvalue weighted by Gasteiger charge is -2.38. The van der Waals surface area contributed by atoms with Crippen molar-refractivity contribution in [3.63, 3.8) is 0 Å². The predicted molar refractivity (Wildman–Crippen MR) is 79.8 cm³/mol. The van der Waals surface area contributed by atoms with Crippen LogP contribution in [0.5, 0.6) is 0 Å². The van der Waals surface area contributed by atoms with Gasteiger partial charge in [-0.1, -0.05) is 19.8 Å². The fraction of sp³-hybridized carbons (Fsp3) is 0.667. The number of hydrogen-bond donors (Lipinski definition) is 2. The van der Waals surface area contributed by atoms with Gasteiger partial charge in [0, 0.05) is 4.47 Å². The van der Waals surface area contributed by atoms with E-state index in [9.17, 15) is 13.5 Å². The number of rotatable bonds is 4. The summed E-state index contributed by atoms with van der Waals surface area (Å²) in [7, 11) is -3.58. The standard InChI is InChI=1S/C12H18BrNO3S2/c1-9-3-2-5-12(7-9,8-15)14-19(16,17)11-10(13)4-6-18-11/h4,6,9,14-15H,2-3,5,7-8H2,1H3. The molecule has 1 aliphatic rings. The maximum absolute atomic E-state index is 12.4. The Morgan fingerprint density at radius 1 is 1.63 bits per heavy atom. The Morgan fingerprint density at radius 3 is 2.89 bits per heavy atom. The molecule has 1 aromatic heterocycles. The Hall–Kier alpha value is 0.0500. The van der Waals surface area contributed by atoms with Gasteiger partial charge in [0.05, 0.1) is 12.1 Å². The summed E-state index contributed by atoms with van der Waals surface area (Å²) in [6.45, 7) is 1.94. The van der Waals surface area contributed by atoms with E-state index >= 15 is 0 Å². The van der Waals surface area contributed by atoms with Crippen LogP contribution < -0.4 is 4.72 Å². The molecule has 1 fully saturated rings. The summed E-state index contributed by atoms with van der Waals surface area (Å²) in [6.07, 6.45) is 3.41. The molecule has 0 aromatic carbocycles. The third-order valence-corrected chi connectivity index (χ3v) is 7.82. The molecular formula is C12H18BrNO3S2. The zero-order chi connectivity index (χ0) is 14.1. The largest absolute Gasteiger partial charge is 0.394 e. The normalized spacial score (nSPS) is 28.5. The third-order valence-electron chi connectivity index (χ3n) is 3.57. The number of aliphatic hydroxyl groups excluding tert-OH is 1. The highest BCUT2D eigenvalue weighted by Crippen LogP contribution is 2.35. The molecule has 7 heteroatoms. The first-order chi connectivity index (χ1) is 8.88. The van der Waals surface area contributed by atoms with Crippen LogP contribution in [0.2, 0.25) is 0 Å². The number of hydrogen-bond acceptors (Lipinski definition) is 4. The number of halogens is 1. The van der Waals surface area contributed by atoms with E-state index in [-0.39, 0.29) is 10.8 Å². The Bertz CT molecular complexity index is 543. The molecule has 0 amide bonds. The van der Waals surface area contributed by atoms with Crippen molar-refractivity contribution in [2.24, 2.45) is 5.92 Å². The van der Waals surface area contributed by atoms with E-state index in [4.69, 9.17) is 0 Å². The van der Waals surface area contributed by atoms with Gasteiger partial charge in [-0.3, -0.25) is 0 Å². The molecule has 4 nitrogen and oxygen atoms in total. The van der Waals surface area contributed by atoms with E-state index in [0.29, 0.717) is 23.2 Å². The predicted octanol–water partition coefficient (Wildman–Crippen LogP) is 2.73. The van der Waals surface area contributed by atoms with Crippen molar-refractivity contribution in [2.75, 3.05) is 6.61 Å². The van der Waals surface area contributed by atoms with Crippen LogP contribution in [-0.4, -0.2) is 25.7 Å². The maximum Gasteiger partial charge on any atom is 0.251 e. The Labute approximate surface area is 126 Å². The van der Waals surface area contributed by atoms with Gasteiger partial charge in [0.25, 0.3) is 10.0 Å². The molecule has 0 aliphatic heterocycles. The summed E-state index contributed by atoms with van der Waals surface area (Å²) in [5.74, 6) is 0.426. The topological polar surface area (TPSA) is 66.4 Å². The smallest absolute Gasteiger partial charge is 0.251 e. The summed E-state index contributed by atoms with van der Waals surface area (Å²) >= 11 is 4.42. The van der Waals surface area contributed by atoms with Crippen molar-refractivity contribution < 1.29 is 13.5 Å². The van der Waals surface area contributed by atoms with E-state index < -0.39 is 15.6 Å². The van der Waals surface area contributed by atoms with E-state index in [1.807, 2.05) is 0 Å². The van der Waals surface area contributed by atoms with Gasteiger partial charge in [-0.15, -0.1) is 11.3 Å². The monoisotopic (exact) mass is 367 g/mol. The first-order valence-corrected chi connectivity index (χ1v) is 9.42. The quantitative estimate of drug-likeness (QED) is 0.859. The molecule has 1 saturated carbocycles. The minimum absolute atomic E-state index is 0.153. The number of nitrogens with one attached hydrogen (secondary N) is 1.